The van der Waals surface area contributed by atoms with Crippen molar-refractivity contribution in [2.75, 3.05) is 6.54 Å². The number of rotatable bonds is 4. The van der Waals surface area contributed by atoms with Crippen molar-refractivity contribution in [3.63, 3.8) is 0 Å². The predicted octanol–water partition coefficient (Wildman–Crippen LogP) is 1.15. The number of aliphatic hydroxyl groups excluding tert-OH is 1. The third kappa shape index (κ3) is 2.80. The van der Waals surface area contributed by atoms with Crippen LogP contribution in [0.1, 0.15) is 33.1 Å². The van der Waals surface area contributed by atoms with Gasteiger partial charge in [-0.1, -0.05) is 13.8 Å². The van der Waals surface area contributed by atoms with Gasteiger partial charge in [0.25, 0.3) is 0 Å². The largest absolute Gasteiger partial charge is 0.392 e. The normalized spacial score (nSPS) is 33.0. The molecule has 0 spiro atoms. The van der Waals surface area contributed by atoms with Gasteiger partial charge in [0.05, 0.1) is 6.10 Å². The third-order valence-corrected chi connectivity index (χ3v) is 2.49. The molecule has 1 saturated carbocycles. The van der Waals surface area contributed by atoms with Crippen molar-refractivity contribution >= 4 is 0 Å². The molecule has 1 aliphatic carbocycles. The molecule has 0 aromatic heterocycles. The van der Waals surface area contributed by atoms with Crippen molar-refractivity contribution in [1.82, 2.24) is 5.32 Å². The fraction of sp³-hybridized carbons (Fsp3) is 1.00. The monoisotopic (exact) mass is 157 g/mol. The zero-order chi connectivity index (χ0) is 8.27. The number of nitrogens with one attached hydrogen (secondary N) is 1. The van der Waals surface area contributed by atoms with Gasteiger partial charge in [-0.25, -0.2) is 0 Å². The minimum Gasteiger partial charge on any atom is -0.392 e. The van der Waals surface area contributed by atoms with E-state index >= 15 is 0 Å². The van der Waals surface area contributed by atoms with E-state index in [-0.39, 0.29) is 6.10 Å². The molecular formula is C9H19NO. The van der Waals surface area contributed by atoms with Crippen LogP contribution in [0.3, 0.4) is 0 Å². The first-order chi connectivity index (χ1) is 5.22. The first kappa shape index (κ1) is 9.01. The maximum Gasteiger partial charge on any atom is 0.0662 e. The number of hydrogen-bond acceptors (Lipinski definition) is 2. The van der Waals surface area contributed by atoms with Crippen LogP contribution in [0.4, 0.5) is 0 Å². The van der Waals surface area contributed by atoms with Gasteiger partial charge in [-0.05, 0) is 25.2 Å². The zero-order valence-electron chi connectivity index (χ0n) is 7.51. The quantitative estimate of drug-likeness (QED) is 0.641. The fourth-order valence-electron chi connectivity index (χ4n) is 1.52. The second kappa shape index (κ2) is 4.07. The lowest BCUT2D eigenvalue weighted by atomic mass is 9.82. The summed E-state index contributed by atoms with van der Waals surface area (Å²) in [5, 5.41) is 12.6. The first-order valence-electron chi connectivity index (χ1n) is 4.63. The molecule has 1 atom stereocenters. The van der Waals surface area contributed by atoms with Crippen LogP contribution >= 0.6 is 0 Å². The summed E-state index contributed by atoms with van der Waals surface area (Å²) in [6.07, 6.45) is 3.29. The summed E-state index contributed by atoms with van der Waals surface area (Å²) in [7, 11) is 0. The maximum atomic E-state index is 9.23. The van der Waals surface area contributed by atoms with Gasteiger partial charge in [-0.3, -0.25) is 0 Å². The molecule has 1 rings (SSSR count). The predicted molar refractivity (Wildman–Crippen MR) is 46.5 cm³/mol. The van der Waals surface area contributed by atoms with E-state index in [4.69, 9.17) is 0 Å². The van der Waals surface area contributed by atoms with Gasteiger partial charge in [-0.15, -0.1) is 0 Å². The van der Waals surface area contributed by atoms with E-state index in [1.54, 1.807) is 0 Å². The molecule has 2 heteroatoms. The summed E-state index contributed by atoms with van der Waals surface area (Å²) in [6, 6.07) is 0.686. The van der Waals surface area contributed by atoms with E-state index in [0.29, 0.717) is 6.04 Å². The van der Waals surface area contributed by atoms with Crippen LogP contribution in [0, 0.1) is 5.92 Å². The van der Waals surface area contributed by atoms with Gasteiger partial charge in [0.2, 0.25) is 0 Å². The third-order valence-electron chi connectivity index (χ3n) is 2.49. The molecule has 2 N–H and O–H groups in total. The molecule has 0 saturated heterocycles. The van der Waals surface area contributed by atoms with Gasteiger partial charge in [0, 0.05) is 12.6 Å². The van der Waals surface area contributed by atoms with Crippen LogP contribution in [0.5, 0.6) is 0 Å². The smallest absolute Gasteiger partial charge is 0.0662 e. The SMILES string of the molecule is CCC(O)CNC1CC(C)C1. The highest BCUT2D eigenvalue weighted by Crippen LogP contribution is 2.25. The topological polar surface area (TPSA) is 32.3 Å². The Balaban J connectivity index is 1.96. The van der Waals surface area contributed by atoms with E-state index in [1.807, 2.05) is 6.92 Å². The standard InChI is InChI=1S/C9H19NO/c1-3-9(11)6-10-8-4-7(2)5-8/h7-11H,3-6H2,1-2H3. The molecule has 66 valence electrons. The van der Waals surface area contributed by atoms with Crippen LogP contribution in [0.2, 0.25) is 0 Å². The second-order valence-electron chi connectivity index (χ2n) is 3.74. The Kier molecular flexibility index (Phi) is 3.34. The van der Waals surface area contributed by atoms with E-state index in [1.165, 1.54) is 12.8 Å². The average molecular weight is 157 g/mol. The van der Waals surface area contributed by atoms with E-state index < -0.39 is 0 Å². The van der Waals surface area contributed by atoms with Gasteiger partial charge < -0.3 is 10.4 Å². The Morgan fingerprint density at radius 3 is 2.64 bits per heavy atom. The second-order valence-corrected chi connectivity index (χ2v) is 3.74. The summed E-state index contributed by atoms with van der Waals surface area (Å²) in [5.74, 6) is 0.895. The molecule has 11 heavy (non-hydrogen) atoms. The van der Waals surface area contributed by atoms with Crippen LogP contribution < -0.4 is 5.32 Å². The van der Waals surface area contributed by atoms with Gasteiger partial charge in [0.1, 0.15) is 0 Å². The average Bonchev–Trinajstić information content (AvgIpc) is 1.95. The van der Waals surface area contributed by atoms with Crippen LogP contribution in [0.15, 0.2) is 0 Å². The molecule has 0 aromatic carbocycles. The molecule has 0 radical (unpaired) electrons. The molecule has 1 unspecified atom stereocenters. The molecule has 0 bridgehead atoms. The molecular weight excluding hydrogens is 138 g/mol. The molecule has 2 nitrogen and oxygen atoms in total. The molecule has 0 heterocycles. The Morgan fingerprint density at radius 1 is 1.55 bits per heavy atom. The van der Waals surface area contributed by atoms with Crippen LogP contribution in [-0.4, -0.2) is 23.8 Å². The van der Waals surface area contributed by atoms with E-state index in [9.17, 15) is 5.11 Å². The minimum atomic E-state index is -0.147. The van der Waals surface area contributed by atoms with Crippen molar-refractivity contribution in [2.45, 2.75) is 45.3 Å². The summed E-state index contributed by atoms with van der Waals surface area (Å²) < 4.78 is 0. The van der Waals surface area contributed by atoms with Crippen molar-refractivity contribution in [1.29, 1.82) is 0 Å². The van der Waals surface area contributed by atoms with Crippen molar-refractivity contribution in [3.05, 3.63) is 0 Å². The lowest BCUT2D eigenvalue weighted by Crippen LogP contribution is -2.43. The molecule has 1 aliphatic rings. The molecule has 0 amide bonds. The summed E-state index contributed by atoms with van der Waals surface area (Å²) in [5.41, 5.74) is 0. The highest BCUT2D eigenvalue weighted by Gasteiger charge is 2.24. The maximum absolute atomic E-state index is 9.23. The fourth-order valence-corrected chi connectivity index (χ4v) is 1.52. The van der Waals surface area contributed by atoms with Gasteiger partial charge in [0.15, 0.2) is 0 Å². The highest BCUT2D eigenvalue weighted by molar-refractivity contribution is 4.82. The highest BCUT2D eigenvalue weighted by atomic mass is 16.3. The first-order valence-corrected chi connectivity index (χ1v) is 4.63. The number of aliphatic hydroxyl groups is 1. The molecule has 0 aliphatic heterocycles. The van der Waals surface area contributed by atoms with Gasteiger partial charge >= 0.3 is 0 Å². The van der Waals surface area contributed by atoms with Crippen LogP contribution in [-0.2, 0) is 0 Å². The summed E-state index contributed by atoms with van der Waals surface area (Å²) in [6.45, 7) is 5.05. The minimum absolute atomic E-state index is 0.147. The van der Waals surface area contributed by atoms with Crippen LogP contribution in [0.25, 0.3) is 0 Å². The van der Waals surface area contributed by atoms with E-state index in [0.717, 1.165) is 18.9 Å². The summed E-state index contributed by atoms with van der Waals surface area (Å²) >= 11 is 0. The Labute approximate surface area is 69.0 Å². The Hall–Kier alpha value is -0.0800. The lowest BCUT2D eigenvalue weighted by molar-refractivity contribution is 0.145. The molecule has 1 fully saturated rings. The summed E-state index contributed by atoms with van der Waals surface area (Å²) in [4.78, 5) is 0. The van der Waals surface area contributed by atoms with Crippen molar-refractivity contribution in [2.24, 2.45) is 5.92 Å². The number of hydrogen-bond donors (Lipinski definition) is 2. The Morgan fingerprint density at radius 2 is 2.18 bits per heavy atom. The zero-order valence-corrected chi connectivity index (χ0v) is 7.51. The van der Waals surface area contributed by atoms with Crippen molar-refractivity contribution < 1.29 is 5.11 Å². The lowest BCUT2D eigenvalue weighted by Gasteiger charge is -2.34. The van der Waals surface area contributed by atoms with Gasteiger partial charge in [-0.2, -0.15) is 0 Å². The molecule has 0 aromatic rings. The van der Waals surface area contributed by atoms with Crippen molar-refractivity contribution in [3.8, 4) is 0 Å². The van der Waals surface area contributed by atoms with E-state index in [2.05, 4.69) is 12.2 Å². The Bertz CT molecular complexity index is 110.